The van der Waals surface area contributed by atoms with E-state index in [0.29, 0.717) is 6.54 Å². The summed E-state index contributed by atoms with van der Waals surface area (Å²) in [5.74, 6) is 0.833. The number of carbonyl (C=O) groups excluding carboxylic acids is 1. The molecule has 0 saturated heterocycles. The van der Waals surface area contributed by atoms with Crippen LogP contribution in [0.25, 0.3) is 0 Å². The van der Waals surface area contributed by atoms with Gasteiger partial charge in [-0.2, -0.15) is 0 Å². The molecule has 4 nitrogen and oxygen atoms in total. The number of urea groups is 1. The summed E-state index contributed by atoms with van der Waals surface area (Å²) in [7, 11) is 1.64. The van der Waals surface area contributed by atoms with Crippen molar-refractivity contribution in [2.24, 2.45) is 0 Å². The number of anilines is 1. The minimum atomic E-state index is -0.199. The lowest BCUT2D eigenvalue weighted by Gasteiger charge is -2.09. The first-order valence-corrected chi connectivity index (χ1v) is 7.81. The van der Waals surface area contributed by atoms with Crippen molar-refractivity contribution in [2.45, 2.75) is 13.3 Å². The van der Waals surface area contributed by atoms with Gasteiger partial charge in [0.15, 0.2) is 0 Å². The summed E-state index contributed by atoms with van der Waals surface area (Å²) in [4.78, 5) is 11.8. The fourth-order valence-electron chi connectivity index (χ4n) is 2.01. The molecule has 0 saturated carbocycles. The number of hydrogen-bond donors (Lipinski definition) is 2. The Bertz CT molecular complexity index is 642. The third-order valence-electron chi connectivity index (χ3n) is 3.27. The van der Waals surface area contributed by atoms with Crippen LogP contribution in [-0.4, -0.2) is 19.7 Å². The zero-order valence-electron chi connectivity index (χ0n) is 12.7. The minimum Gasteiger partial charge on any atom is -0.497 e. The molecule has 2 aromatic rings. The van der Waals surface area contributed by atoms with Gasteiger partial charge in [-0.25, -0.2) is 4.79 Å². The van der Waals surface area contributed by atoms with Crippen LogP contribution >= 0.6 is 15.9 Å². The first kappa shape index (κ1) is 16.4. The average Bonchev–Trinajstić information content (AvgIpc) is 2.51. The number of methoxy groups -OCH3 is 1. The highest BCUT2D eigenvalue weighted by molar-refractivity contribution is 9.10. The van der Waals surface area contributed by atoms with Crippen LogP contribution in [0.15, 0.2) is 46.9 Å². The number of carbonyl (C=O) groups is 1. The molecule has 5 heteroatoms. The number of ether oxygens (including phenoxy) is 1. The second-order valence-electron chi connectivity index (χ2n) is 4.94. The predicted molar refractivity (Wildman–Crippen MR) is 92.6 cm³/mol. The maximum Gasteiger partial charge on any atom is 0.319 e. The summed E-state index contributed by atoms with van der Waals surface area (Å²) in [5, 5.41) is 5.67. The van der Waals surface area contributed by atoms with E-state index in [2.05, 4.69) is 26.6 Å². The zero-order valence-corrected chi connectivity index (χ0v) is 14.2. The molecule has 0 fully saturated rings. The fourth-order valence-corrected chi connectivity index (χ4v) is 2.26. The Kier molecular flexibility index (Phi) is 5.83. The number of rotatable bonds is 5. The molecule has 2 aromatic carbocycles. The molecule has 0 aliphatic rings. The molecule has 0 heterocycles. The lowest BCUT2D eigenvalue weighted by molar-refractivity contribution is 0.252. The van der Waals surface area contributed by atoms with Gasteiger partial charge in [0.05, 0.1) is 7.11 Å². The van der Waals surface area contributed by atoms with Crippen molar-refractivity contribution < 1.29 is 9.53 Å². The predicted octanol–water partition coefficient (Wildman–Crippen LogP) is 4.13. The van der Waals surface area contributed by atoms with Crippen molar-refractivity contribution in [1.29, 1.82) is 0 Å². The highest BCUT2D eigenvalue weighted by atomic mass is 79.9. The summed E-state index contributed by atoms with van der Waals surface area (Å²) in [6.45, 7) is 2.56. The highest BCUT2D eigenvalue weighted by Gasteiger charge is 2.03. The second-order valence-corrected chi connectivity index (χ2v) is 5.80. The van der Waals surface area contributed by atoms with Gasteiger partial charge in [-0.15, -0.1) is 0 Å². The first-order valence-electron chi connectivity index (χ1n) is 7.02. The number of benzene rings is 2. The van der Waals surface area contributed by atoms with Gasteiger partial charge in [-0.05, 0) is 54.8 Å². The topological polar surface area (TPSA) is 50.4 Å². The van der Waals surface area contributed by atoms with Crippen LogP contribution in [0.1, 0.15) is 11.1 Å². The summed E-state index contributed by atoms with van der Waals surface area (Å²) < 4.78 is 6.14. The highest BCUT2D eigenvalue weighted by Crippen LogP contribution is 2.19. The lowest BCUT2D eigenvalue weighted by Crippen LogP contribution is -2.30. The summed E-state index contributed by atoms with van der Waals surface area (Å²) >= 11 is 3.44. The summed E-state index contributed by atoms with van der Waals surface area (Å²) in [6, 6.07) is 13.3. The first-order chi connectivity index (χ1) is 10.6. The maximum absolute atomic E-state index is 11.8. The van der Waals surface area contributed by atoms with E-state index >= 15 is 0 Å². The van der Waals surface area contributed by atoms with E-state index in [-0.39, 0.29) is 6.03 Å². The molecule has 0 unspecified atom stereocenters. The van der Waals surface area contributed by atoms with E-state index < -0.39 is 0 Å². The Labute approximate surface area is 139 Å². The molecule has 0 bridgehead atoms. The Balaban J connectivity index is 1.78. The number of hydrogen-bond acceptors (Lipinski definition) is 2. The van der Waals surface area contributed by atoms with Crippen LogP contribution < -0.4 is 15.4 Å². The van der Waals surface area contributed by atoms with Gasteiger partial charge in [0.1, 0.15) is 5.75 Å². The zero-order chi connectivity index (χ0) is 15.9. The Morgan fingerprint density at radius 3 is 2.55 bits per heavy atom. The molecule has 2 amide bonds. The summed E-state index contributed by atoms with van der Waals surface area (Å²) in [5.41, 5.74) is 3.01. The SMILES string of the molecule is COc1ccc(CCNC(=O)Nc2ccc(Br)c(C)c2)cc1. The average molecular weight is 363 g/mol. The molecule has 0 aliphatic heterocycles. The van der Waals surface area contributed by atoms with E-state index in [1.165, 1.54) is 0 Å². The Morgan fingerprint density at radius 2 is 1.91 bits per heavy atom. The molecule has 0 aliphatic carbocycles. The Morgan fingerprint density at radius 1 is 1.18 bits per heavy atom. The van der Waals surface area contributed by atoms with Gasteiger partial charge < -0.3 is 15.4 Å². The van der Waals surface area contributed by atoms with Crippen molar-refractivity contribution in [2.75, 3.05) is 19.0 Å². The van der Waals surface area contributed by atoms with Crippen molar-refractivity contribution in [1.82, 2.24) is 5.32 Å². The summed E-state index contributed by atoms with van der Waals surface area (Å²) in [6.07, 6.45) is 0.775. The fraction of sp³-hybridized carbons (Fsp3) is 0.235. The van der Waals surface area contributed by atoms with Crippen LogP contribution in [0, 0.1) is 6.92 Å². The molecular weight excluding hydrogens is 344 g/mol. The molecule has 0 radical (unpaired) electrons. The van der Waals surface area contributed by atoms with Crippen LogP contribution in [0.3, 0.4) is 0 Å². The van der Waals surface area contributed by atoms with Crippen LogP contribution in [0.5, 0.6) is 5.75 Å². The molecule has 2 N–H and O–H groups in total. The molecule has 0 spiro atoms. The molecule has 0 aromatic heterocycles. The van der Waals surface area contributed by atoms with Crippen molar-refractivity contribution in [3.8, 4) is 5.75 Å². The van der Waals surface area contributed by atoms with E-state index in [9.17, 15) is 4.79 Å². The quantitative estimate of drug-likeness (QED) is 0.839. The molecule has 22 heavy (non-hydrogen) atoms. The van der Waals surface area contributed by atoms with Crippen LogP contribution in [-0.2, 0) is 6.42 Å². The minimum absolute atomic E-state index is 0.199. The van der Waals surface area contributed by atoms with Crippen molar-refractivity contribution >= 4 is 27.6 Å². The monoisotopic (exact) mass is 362 g/mol. The molecule has 0 atom stereocenters. The lowest BCUT2D eigenvalue weighted by atomic mass is 10.1. The van der Waals surface area contributed by atoms with E-state index in [0.717, 1.165) is 33.5 Å². The number of amides is 2. The van der Waals surface area contributed by atoms with Crippen molar-refractivity contribution in [3.63, 3.8) is 0 Å². The third-order valence-corrected chi connectivity index (χ3v) is 4.16. The normalized spacial score (nSPS) is 10.1. The smallest absolute Gasteiger partial charge is 0.319 e. The van der Waals surface area contributed by atoms with Crippen LogP contribution in [0.4, 0.5) is 10.5 Å². The van der Waals surface area contributed by atoms with Crippen LogP contribution in [0.2, 0.25) is 0 Å². The van der Waals surface area contributed by atoms with E-state index in [1.54, 1.807) is 7.11 Å². The maximum atomic E-state index is 11.8. The van der Waals surface area contributed by atoms with Gasteiger partial charge >= 0.3 is 6.03 Å². The van der Waals surface area contributed by atoms with E-state index in [4.69, 9.17) is 4.74 Å². The standard InChI is InChI=1S/C17H19BrN2O2/c1-12-11-14(5-8-16(12)18)20-17(21)19-10-9-13-3-6-15(22-2)7-4-13/h3-8,11H,9-10H2,1-2H3,(H2,19,20,21). The second kappa shape index (κ2) is 7.84. The number of halogens is 1. The largest absolute Gasteiger partial charge is 0.497 e. The van der Waals surface area contributed by atoms with Gasteiger partial charge in [-0.3, -0.25) is 0 Å². The van der Waals surface area contributed by atoms with Gasteiger partial charge in [-0.1, -0.05) is 28.1 Å². The Hall–Kier alpha value is -2.01. The number of nitrogens with one attached hydrogen (secondary N) is 2. The van der Waals surface area contributed by atoms with Crippen molar-refractivity contribution in [3.05, 3.63) is 58.1 Å². The molecule has 2 rings (SSSR count). The van der Waals surface area contributed by atoms with Gasteiger partial charge in [0, 0.05) is 16.7 Å². The van der Waals surface area contributed by atoms with E-state index in [1.807, 2.05) is 49.4 Å². The van der Waals surface area contributed by atoms with Gasteiger partial charge in [0.2, 0.25) is 0 Å². The third kappa shape index (κ3) is 4.77. The van der Waals surface area contributed by atoms with Gasteiger partial charge in [0.25, 0.3) is 0 Å². The molecule has 116 valence electrons. The molecular formula is C17H19BrN2O2. The number of aryl methyl sites for hydroxylation is 1.